The van der Waals surface area contributed by atoms with Gasteiger partial charge in [0.2, 0.25) is 0 Å². The van der Waals surface area contributed by atoms with E-state index in [-0.39, 0.29) is 0 Å². The summed E-state index contributed by atoms with van der Waals surface area (Å²) < 4.78 is 5.36. The van der Waals surface area contributed by atoms with Crippen LogP contribution in [0.5, 0.6) is 0 Å². The highest BCUT2D eigenvalue weighted by molar-refractivity contribution is 7.80. The molecule has 0 aromatic carbocycles. The molecule has 1 aliphatic carbocycles. The van der Waals surface area contributed by atoms with Crippen molar-refractivity contribution < 1.29 is 4.74 Å². The Morgan fingerprint density at radius 1 is 1.22 bits per heavy atom. The highest BCUT2D eigenvalue weighted by Gasteiger charge is 2.22. The minimum absolute atomic E-state index is 0.579. The summed E-state index contributed by atoms with van der Waals surface area (Å²) in [4.78, 5) is 4.70. The standard InChI is InChI=1S/C13H25N3OS/c14-13(18)16(12-4-2-1-3-5-12)7-6-15-8-10-17-11-9-15/h12H,1-11H2,(H2,14,18). The van der Waals surface area contributed by atoms with Gasteiger partial charge in [-0.05, 0) is 25.1 Å². The largest absolute Gasteiger partial charge is 0.379 e. The molecule has 1 saturated carbocycles. The molecule has 0 amide bonds. The molecule has 5 heteroatoms. The molecule has 0 spiro atoms. The number of hydrogen-bond donors (Lipinski definition) is 1. The number of ether oxygens (including phenoxy) is 1. The molecule has 2 fully saturated rings. The SMILES string of the molecule is NC(=S)N(CCN1CCOCC1)C1CCCCC1. The molecule has 2 N–H and O–H groups in total. The van der Waals surface area contributed by atoms with E-state index in [9.17, 15) is 0 Å². The zero-order chi connectivity index (χ0) is 12.8. The zero-order valence-electron chi connectivity index (χ0n) is 11.1. The average molecular weight is 271 g/mol. The van der Waals surface area contributed by atoms with E-state index in [1.54, 1.807) is 0 Å². The molecule has 1 saturated heterocycles. The summed E-state index contributed by atoms with van der Waals surface area (Å²) in [6.45, 7) is 5.82. The number of hydrogen-bond acceptors (Lipinski definition) is 3. The van der Waals surface area contributed by atoms with Gasteiger partial charge in [0.1, 0.15) is 0 Å². The van der Waals surface area contributed by atoms with E-state index in [2.05, 4.69) is 9.80 Å². The van der Waals surface area contributed by atoms with Crippen LogP contribution in [0.3, 0.4) is 0 Å². The van der Waals surface area contributed by atoms with Crippen molar-refractivity contribution >= 4 is 17.3 Å². The second-order valence-electron chi connectivity index (χ2n) is 5.28. The summed E-state index contributed by atoms with van der Waals surface area (Å²) in [6, 6.07) is 0.581. The Balaban J connectivity index is 1.79. The molecule has 0 atom stereocenters. The predicted molar refractivity (Wildman–Crippen MR) is 77.6 cm³/mol. The molecule has 1 heterocycles. The van der Waals surface area contributed by atoms with Crippen LogP contribution in [-0.2, 0) is 4.74 Å². The van der Waals surface area contributed by atoms with Crippen LogP contribution in [0.1, 0.15) is 32.1 Å². The summed E-state index contributed by atoms with van der Waals surface area (Å²) in [5.41, 5.74) is 5.90. The molecule has 2 aliphatic rings. The monoisotopic (exact) mass is 271 g/mol. The maximum atomic E-state index is 5.90. The lowest BCUT2D eigenvalue weighted by Crippen LogP contribution is -2.49. The van der Waals surface area contributed by atoms with E-state index in [4.69, 9.17) is 22.7 Å². The van der Waals surface area contributed by atoms with Crippen molar-refractivity contribution in [2.75, 3.05) is 39.4 Å². The Bertz CT molecular complexity index is 263. The van der Waals surface area contributed by atoms with Crippen LogP contribution in [0, 0.1) is 0 Å². The molecule has 18 heavy (non-hydrogen) atoms. The van der Waals surface area contributed by atoms with Gasteiger partial charge in [0, 0.05) is 32.2 Å². The van der Waals surface area contributed by atoms with E-state index >= 15 is 0 Å². The summed E-state index contributed by atoms with van der Waals surface area (Å²) in [5, 5.41) is 0.579. The smallest absolute Gasteiger partial charge is 0.166 e. The highest BCUT2D eigenvalue weighted by Crippen LogP contribution is 2.22. The fourth-order valence-electron chi connectivity index (χ4n) is 2.94. The molecular formula is C13H25N3OS. The van der Waals surface area contributed by atoms with Crippen LogP contribution in [0.15, 0.2) is 0 Å². The minimum Gasteiger partial charge on any atom is -0.379 e. The average Bonchev–Trinajstić information content (AvgIpc) is 2.41. The molecule has 104 valence electrons. The van der Waals surface area contributed by atoms with Crippen LogP contribution in [0.25, 0.3) is 0 Å². The van der Waals surface area contributed by atoms with Crippen LogP contribution in [0.4, 0.5) is 0 Å². The third-order valence-electron chi connectivity index (χ3n) is 4.06. The first-order chi connectivity index (χ1) is 8.77. The van der Waals surface area contributed by atoms with Crippen molar-refractivity contribution in [2.24, 2.45) is 5.73 Å². The lowest BCUT2D eigenvalue weighted by Gasteiger charge is -2.37. The first-order valence-electron chi connectivity index (χ1n) is 7.13. The normalized spacial score (nSPS) is 22.9. The van der Waals surface area contributed by atoms with Gasteiger partial charge in [-0.25, -0.2) is 0 Å². The summed E-state index contributed by atoms with van der Waals surface area (Å²) in [5.74, 6) is 0. The predicted octanol–water partition coefficient (Wildman–Crippen LogP) is 1.20. The molecule has 2 rings (SSSR count). The molecule has 0 unspecified atom stereocenters. The lowest BCUT2D eigenvalue weighted by molar-refractivity contribution is 0.0342. The molecule has 0 radical (unpaired) electrons. The first kappa shape index (κ1) is 14.0. The summed E-state index contributed by atoms with van der Waals surface area (Å²) in [7, 11) is 0. The molecule has 4 nitrogen and oxygen atoms in total. The van der Waals surface area contributed by atoms with Crippen LogP contribution in [0.2, 0.25) is 0 Å². The molecule has 0 bridgehead atoms. The number of rotatable bonds is 4. The van der Waals surface area contributed by atoms with Crippen LogP contribution in [-0.4, -0.2) is 60.3 Å². The maximum Gasteiger partial charge on any atom is 0.166 e. The van der Waals surface area contributed by atoms with E-state index in [0.717, 1.165) is 39.4 Å². The molecule has 0 aromatic rings. The molecule has 0 aromatic heterocycles. The third-order valence-corrected chi connectivity index (χ3v) is 4.29. The van der Waals surface area contributed by atoms with Gasteiger partial charge in [-0.15, -0.1) is 0 Å². The number of nitrogens with zero attached hydrogens (tertiary/aromatic N) is 2. The molecule has 1 aliphatic heterocycles. The van der Waals surface area contributed by atoms with Gasteiger partial charge in [-0.1, -0.05) is 19.3 Å². The second-order valence-corrected chi connectivity index (χ2v) is 5.70. The van der Waals surface area contributed by atoms with Crippen molar-refractivity contribution in [1.29, 1.82) is 0 Å². The number of nitrogens with two attached hydrogens (primary N) is 1. The Hall–Kier alpha value is -0.390. The van der Waals surface area contributed by atoms with E-state index in [1.807, 2.05) is 0 Å². The quantitative estimate of drug-likeness (QED) is 0.778. The topological polar surface area (TPSA) is 41.7 Å². The highest BCUT2D eigenvalue weighted by atomic mass is 32.1. The zero-order valence-corrected chi connectivity index (χ0v) is 12.0. The Morgan fingerprint density at radius 3 is 2.50 bits per heavy atom. The van der Waals surface area contributed by atoms with Gasteiger partial charge in [0.15, 0.2) is 5.11 Å². The summed E-state index contributed by atoms with van der Waals surface area (Å²) in [6.07, 6.45) is 6.51. The van der Waals surface area contributed by atoms with Crippen molar-refractivity contribution in [1.82, 2.24) is 9.80 Å². The van der Waals surface area contributed by atoms with Crippen LogP contribution >= 0.6 is 12.2 Å². The van der Waals surface area contributed by atoms with E-state index < -0.39 is 0 Å². The van der Waals surface area contributed by atoms with E-state index in [0.29, 0.717) is 11.2 Å². The number of morpholine rings is 1. The fraction of sp³-hybridized carbons (Fsp3) is 0.923. The summed E-state index contributed by atoms with van der Waals surface area (Å²) >= 11 is 5.23. The van der Waals surface area contributed by atoms with Crippen molar-refractivity contribution in [2.45, 2.75) is 38.1 Å². The van der Waals surface area contributed by atoms with Crippen LogP contribution < -0.4 is 5.73 Å². The Kier molecular flexibility index (Phi) is 5.66. The lowest BCUT2D eigenvalue weighted by atomic mass is 9.94. The van der Waals surface area contributed by atoms with Gasteiger partial charge < -0.3 is 15.4 Å². The Labute approximate surface area is 115 Å². The van der Waals surface area contributed by atoms with Crippen molar-refractivity contribution in [3.8, 4) is 0 Å². The number of thiocarbonyl (C=S) groups is 1. The maximum absolute atomic E-state index is 5.90. The van der Waals surface area contributed by atoms with Gasteiger partial charge >= 0.3 is 0 Å². The first-order valence-corrected chi connectivity index (χ1v) is 7.54. The fourth-order valence-corrected chi connectivity index (χ4v) is 3.18. The minimum atomic E-state index is 0.579. The van der Waals surface area contributed by atoms with E-state index in [1.165, 1.54) is 32.1 Å². The Morgan fingerprint density at radius 2 is 1.89 bits per heavy atom. The van der Waals surface area contributed by atoms with Gasteiger partial charge in [0.25, 0.3) is 0 Å². The van der Waals surface area contributed by atoms with Gasteiger partial charge in [-0.3, -0.25) is 4.90 Å². The molecular weight excluding hydrogens is 246 g/mol. The van der Waals surface area contributed by atoms with Crippen molar-refractivity contribution in [3.63, 3.8) is 0 Å². The third kappa shape index (κ3) is 4.07. The van der Waals surface area contributed by atoms with Crippen molar-refractivity contribution in [3.05, 3.63) is 0 Å². The van der Waals surface area contributed by atoms with Gasteiger partial charge in [0.05, 0.1) is 13.2 Å². The van der Waals surface area contributed by atoms with Gasteiger partial charge in [-0.2, -0.15) is 0 Å². The second kappa shape index (κ2) is 7.26.